The molecule has 0 unspecified atom stereocenters. The van der Waals surface area contributed by atoms with E-state index >= 15 is 0 Å². The molecular formula is C16H13BrN2O3. The van der Waals surface area contributed by atoms with Gasteiger partial charge in [-0.05, 0) is 36.4 Å². The monoisotopic (exact) mass is 360 g/mol. The molecule has 0 saturated heterocycles. The van der Waals surface area contributed by atoms with Gasteiger partial charge in [0, 0.05) is 17.1 Å². The Bertz CT molecular complexity index is 686. The third-order valence-electron chi connectivity index (χ3n) is 3.17. The standard InChI is InChI=1S/C16H13BrN2O3/c17-12-6-4-11(5-7-12)16(20)21-10-13-9-15(19-22-13)14-3-1-2-8-18-14/h1-8,13H,9-10H2/t13-/m1/s1. The van der Waals surface area contributed by atoms with Crippen molar-refractivity contribution in [2.75, 3.05) is 6.61 Å². The third kappa shape index (κ3) is 3.51. The van der Waals surface area contributed by atoms with Crippen LogP contribution in [0.3, 0.4) is 0 Å². The van der Waals surface area contributed by atoms with Crippen LogP contribution >= 0.6 is 15.9 Å². The van der Waals surface area contributed by atoms with Crippen LogP contribution in [0.15, 0.2) is 58.3 Å². The molecule has 1 aromatic heterocycles. The van der Waals surface area contributed by atoms with Gasteiger partial charge in [0.25, 0.3) is 0 Å². The molecule has 0 spiro atoms. The van der Waals surface area contributed by atoms with Gasteiger partial charge in [-0.15, -0.1) is 0 Å². The Morgan fingerprint density at radius 3 is 2.82 bits per heavy atom. The second-order valence-electron chi connectivity index (χ2n) is 4.79. The van der Waals surface area contributed by atoms with Crippen molar-refractivity contribution in [3.63, 3.8) is 0 Å². The quantitative estimate of drug-likeness (QED) is 0.785. The van der Waals surface area contributed by atoms with Crippen LogP contribution in [-0.2, 0) is 9.57 Å². The summed E-state index contributed by atoms with van der Waals surface area (Å²) in [4.78, 5) is 21.4. The van der Waals surface area contributed by atoms with E-state index in [1.165, 1.54) is 0 Å². The number of ether oxygens (including phenoxy) is 1. The van der Waals surface area contributed by atoms with E-state index in [0.29, 0.717) is 12.0 Å². The van der Waals surface area contributed by atoms with Crippen molar-refractivity contribution in [2.45, 2.75) is 12.5 Å². The Balaban J connectivity index is 1.52. The van der Waals surface area contributed by atoms with Crippen molar-refractivity contribution in [3.8, 4) is 0 Å². The average molecular weight is 361 g/mol. The maximum atomic E-state index is 11.9. The van der Waals surface area contributed by atoms with Crippen molar-refractivity contribution < 1.29 is 14.4 Å². The molecule has 1 aromatic carbocycles. The number of rotatable bonds is 4. The van der Waals surface area contributed by atoms with Crippen molar-refractivity contribution in [2.24, 2.45) is 5.16 Å². The second kappa shape index (κ2) is 6.70. The largest absolute Gasteiger partial charge is 0.458 e. The molecular weight excluding hydrogens is 348 g/mol. The molecule has 5 nitrogen and oxygen atoms in total. The lowest BCUT2D eigenvalue weighted by atomic mass is 10.1. The van der Waals surface area contributed by atoms with E-state index in [0.717, 1.165) is 15.9 Å². The number of carbonyl (C=O) groups excluding carboxylic acids is 1. The molecule has 112 valence electrons. The first-order valence-corrected chi connectivity index (χ1v) is 7.58. The number of aromatic nitrogens is 1. The lowest BCUT2D eigenvalue weighted by Gasteiger charge is -2.09. The van der Waals surface area contributed by atoms with Gasteiger partial charge in [0.05, 0.1) is 11.3 Å². The van der Waals surface area contributed by atoms with Crippen LogP contribution in [-0.4, -0.2) is 29.4 Å². The molecule has 6 heteroatoms. The number of benzene rings is 1. The van der Waals surface area contributed by atoms with Gasteiger partial charge >= 0.3 is 5.97 Å². The minimum absolute atomic E-state index is 0.161. The van der Waals surface area contributed by atoms with Crippen molar-refractivity contribution >= 4 is 27.6 Å². The van der Waals surface area contributed by atoms with Crippen LogP contribution in [0.1, 0.15) is 22.5 Å². The van der Waals surface area contributed by atoms with Crippen LogP contribution in [0.5, 0.6) is 0 Å². The summed E-state index contributed by atoms with van der Waals surface area (Å²) in [7, 11) is 0. The van der Waals surface area contributed by atoms with Gasteiger partial charge in [-0.25, -0.2) is 4.79 Å². The van der Waals surface area contributed by atoms with Gasteiger partial charge in [0.2, 0.25) is 0 Å². The molecule has 0 aliphatic carbocycles. The van der Waals surface area contributed by atoms with Crippen LogP contribution in [0.25, 0.3) is 0 Å². The zero-order valence-electron chi connectivity index (χ0n) is 11.6. The molecule has 0 N–H and O–H groups in total. The van der Waals surface area contributed by atoms with Crippen molar-refractivity contribution in [1.82, 2.24) is 4.98 Å². The summed E-state index contributed by atoms with van der Waals surface area (Å²) in [6.07, 6.45) is 2.01. The van der Waals surface area contributed by atoms with E-state index in [-0.39, 0.29) is 18.7 Å². The van der Waals surface area contributed by atoms with Crippen LogP contribution in [0.4, 0.5) is 0 Å². The molecule has 1 aliphatic rings. The molecule has 2 aromatic rings. The number of carbonyl (C=O) groups is 1. The fraction of sp³-hybridized carbons (Fsp3) is 0.188. The highest BCUT2D eigenvalue weighted by molar-refractivity contribution is 9.10. The highest BCUT2D eigenvalue weighted by atomic mass is 79.9. The number of esters is 1. The summed E-state index contributed by atoms with van der Waals surface area (Å²) in [6, 6.07) is 12.6. The van der Waals surface area contributed by atoms with Gasteiger partial charge in [-0.3, -0.25) is 4.98 Å². The summed E-state index contributed by atoms with van der Waals surface area (Å²) in [5, 5.41) is 4.01. The zero-order chi connectivity index (χ0) is 15.4. The third-order valence-corrected chi connectivity index (χ3v) is 3.70. The molecule has 0 bridgehead atoms. The van der Waals surface area contributed by atoms with E-state index in [2.05, 4.69) is 26.1 Å². The number of hydrogen-bond acceptors (Lipinski definition) is 5. The van der Waals surface area contributed by atoms with Gasteiger partial charge < -0.3 is 9.57 Å². The van der Waals surface area contributed by atoms with E-state index in [1.807, 2.05) is 18.2 Å². The van der Waals surface area contributed by atoms with E-state index in [9.17, 15) is 4.79 Å². The van der Waals surface area contributed by atoms with Crippen LogP contribution in [0, 0.1) is 0 Å². The number of halogens is 1. The molecule has 22 heavy (non-hydrogen) atoms. The zero-order valence-corrected chi connectivity index (χ0v) is 13.2. The number of hydrogen-bond donors (Lipinski definition) is 0. The molecule has 0 fully saturated rings. The fourth-order valence-corrected chi connectivity index (χ4v) is 2.30. The number of oxime groups is 1. The summed E-state index contributed by atoms with van der Waals surface area (Å²) in [5.41, 5.74) is 2.06. The first-order chi connectivity index (χ1) is 10.7. The topological polar surface area (TPSA) is 60.8 Å². The first kappa shape index (κ1) is 14.7. The van der Waals surface area contributed by atoms with E-state index in [4.69, 9.17) is 9.57 Å². The maximum Gasteiger partial charge on any atom is 0.338 e. The summed E-state index contributed by atoms with van der Waals surface area (Å²) in [5.74, 6) is -0.373. The normalized spacial score (nSPS) is 16.8. The second-order valence-corrected chi connectivity index (χ2v) is 5.71. The lowest BCUT2D eigenvalue weighted by Crippen LogP contribution is -2.19. The van der Waals surface area contributed by atoms with Gasteiger partial charge in [0.1, 0.15) is 12.3 Å². The molecule has 1 atom stereocenters. The first-order valence-electron chi connectivity index (χ1n) is 6.79. The summed E-state index contributed by atoms with van der Waals surface area (Å²) >= 11 is 3.32. The summed E-state index contributed by atoms with van der Waals surface area (Å²) < 4.78 is 6.18. The van der Waals surface area contributed by atoms with Crippen molar-refractivity contribution in [1.29, 1.82) is 0 Å². The Hall–Kier alpha value is -2.21. The van der Waals surface area contributed by atoms with Gasteiger partial charge in [-0.1, -0.05) is 27.2 Å². The molecule has 3 rings (SSSR count). The Labute approximate surface area is 136 Å². The van der Waals surface area contributed by atoms with Gasteiger partial charge in [-0.2, -0.15) is 0 Å². The summed E-state index contributed by atoms with van der Waals surface area (Å²) in [6.45, 7) is 0.161. The SMILES string of the molecule is O=C(OC[C@H]1CC(c2ccccn2)=NO1)c1ccc(Br)cc1. The smallest absolute Gasteiger partial charge is 0.338 e. The highest BCUT2D eigenvalue weighted by Gasteiger charge is 2.24. The predicted octanol–water partition coefficient (Wildman–Crippen LogP) is 3.19. The molecule has 2 heterocycles. The van der Waals surface area contributed by atoms with Crippen molar-refractivity contribution in [3.05, 3.63) is 64.4 Å². The minimum atomic E-state index is -0.373. The minimum Gasteiger partial charge on any atom is -0.458 e. The highest BCUT2D eigenvalue weighted by Crippen LogP contribution is 2.16. The predicted molar refractivity (Wildman–Crippen MR) is 84.7 cm³/mol. The number of nitrogens with zero attached hydrogens (tertiary/aromatic N) is 2. The molecule has 0 radical (unpaired) electrons. The van der Waals surface area contributed by atoms with Crippen LogP contribution < -0.4 is 0 Å². The average Bonchev–Trinajstić information content (AvgIpc) is 3.03. The molecule has 0 saturated carbocycles. The maximum absolute atomic E-state index is 11.9. The van der Waals surface area contributed by atoms with Gasteiger partial charge in [0.15, 0.2) is 6.10 Å². The Kier molecular flexibility index (Phi) is 4.48. The molecule has 1 aliphatic heterocycles. The van der Waals surface area contributed by atoms with E-state index < -0.39 is 0 Å². The van der Waals surface area contributed by atoms with E-state index in [1.54, 1.807) is 30.5 Å². The Morgan fingerprint density at radius 2 is 2.09 bits per heavy atom. The number of pyridine rings is 1. The van der Waals surface area contributed by atoms with Crippen LogP contribution in [0.2, 0.25) is 0 Å². The molecule has 0 amide bonds. The lowest BCUT2D eigenvalue weighted by molar-refractivity contribution is 0.00686. The fourth-order valence-electron chi connectivity index (χ4n) is 2.04. The Morgan fingerprint density at radius 1 is 1.27 bits per heavy atom.